The van der Waals surface area contributed by atoms with Gasteiger partial charge in [-0.05, 0) is 30.0 Å². The van der Waals surface area contributed by atoms with E-state index in [0.717, 1.165) is 11.1 Å². The molecule has 1 aromatic carbocycles. The van der Waals surface area contributed by atoms with Crippen LogP contribution in [0.5, 0.6) is 11.5 Å². The Morgan fingerprint density at radius 1 is 1.11 bits per heavy atom. The molecule has 5 nitrogen and oxygen atoms in total. The van der Waals surface area contributed by atoms with Crippen LogP contribution in [0.15, 0.2) is 33.5 Å². The number of nitrogens with zero attached hydrogens (tertiary/aromatic N) is 2. The number of hydrogen-bond acceptors (Lipinski definition) is 6. The van der Waals surface area contributed by atoms with Crippen molar-refractivity contribution in [2.24, 2.45) is 0 Å². The second-order valence-corrected chi connectivity index (χ2v) is 4.87. The van der Waals surface area contributed by atoms with Crippen LogP contribution in [-0.2, 0) is 0 Å². The minimum Gasteiger partial charge on any atom is -0.508 e. The topological polar surface area (TPSA) is 79.4 Å². The summed E-state index contributed by atoms with van der Waals surface area (Å²) in [7, 11) is 0. The summed E-state index contributed by atoms with van der Waals surface area (Å²) in [5.74, 6) is 0.645. The van der Waals surface area contributed by atoms with Crippen molar-refractivity contribution < 1.29 is 14.7 Å². The van der Waals surface area contributed by atoms with Crippen LogP contribution in [-0.4, -0.2) is 20.4 Å². The van der Waals surface area contributed by atoms with Gasteiger partial charge in [0.05, 0.1) is 0 Å². The average molecular weight is 274 g/mol. The van der Waals surface area contributed by atoms with Crippen molar-refractivity contribution in [1.29, 1.82) is 0 Å². The predicted molar refractivity (Wildman–Crippen MR) is 71.1 cm³/mol. The zero-order chi connectivity index (χ0) is 13.4. The summed E-state index contributed by atoms with van der Waals surface area (Å²) in [4.78, 5) is 4.27. The maximum Gasteiger partial charge on any atom is 0.258 e. The van der Waals surface area contributed by atoms with E-state index in [1.807, 2.05) is 17.7 Å². The monoisotopic (exact) mass is 274 g/mol. The van der Waals surface area contributed by atoms with Crippen LogP contribution in [0.3, 0.4) is 0 Å². The number of benzene rings is 1. The molecule has 3 aromatic rings. The molecule has 2 heterocycles. The maximum atomic E-state index is 9.44. The SMILES string of the molecule is Cc1cscc1-c1noc(-c2cc(O)cc(O)c2)n1. The van der Waals surface area contributed by atoms with E-state index < -0.39 is 0 Å². The molecule has 0 fully saturated rings. The standard InChI is InChI=1S/C13H10N2O3S/c1-7-5-19-6-11(7)12-14-13(18-15-12)8-2-9(16)4-10(17)3-8/h2-6,16-17H,1H3. The Morgan fingerprint density at radius 3 is 2.47 bits per heavy atom. The van der Waals surface area contributed by atoms with Crippen LogP contribution in [0.25, 0.3) is 22.8 Å². The number of hydrogen-bond donors (Lipinski definition) is 2. The summed E-state index contributed by atoms with van der Waals surface area (Å²) < 4.78 is 5.16. The van der Waals surface area contributed by atoms with Gasteiger partial charge in [0, 0.05) is 22.6 Å². The van der Waals surface area contributed by atoms with Gasteiger partial charge in [0.15, 0.2) is 0 Å². The van der Waals surface area contributed by atoms with Gasteiger partial charge >= 0.3 is 0 Å². The maximum absolute atomic E-state index is 9.44. The number of phenolic OH excluding ortho intramolecular Hbond substituents is 2. The van der Waals surface area contributed by atoms with Gasteiger partial charge in [0.25, 0.3) is 5.89 Å². The number of aryl methyl sites for hydroxylation is 1. The Morgan fingerprint density at radius 2 is 1.84 bits per heavy atom. The van der Waals surface area contributed by atoms with Crippen LogP contribution < -0.4 is 0 Å². The van der Waals surface area contributed by atoms with Crippen molar-refractivity contribution in [2.75, 3.05) is 0 Å². The molecule has 2 aromatic heterocycles. The Kier molecular flexibility index (Phi) is 2.72. The van der Waals surface area contributed by atoms with E-state index in [0.29, 0.717) is 11.4 Å². The zero-order valence-corrected chi connectivity index (χ0v) is 10.8. The van der Waals surface area contributed by atoms with Crippen molar-refractivity contribution in [3.8, 4) is 34.3 Å². The van der Waals surface area contributed by atoms with Gasteiger partial charge in [0.1, 0.15) is 11.5 Å². The second-order valence-electron chi connectivity index (χ2n) is 4.13. The molecule has 19 heavy (non-hydrogen) atoms. The zero-order valence-electron chi connectivity index (χ0n) is 9.99. The van der Waals surface area contributed by atoms with E-state index >= 15 is 0 Å². The normalized spacial score (nSPS) is 10.8. The minimum absolute atomic E-state index is 0.0542. The third-order valence-electron chi connectivity index (χ3n) is 2.67. The van der Waals surface area contributed by atoms with Gasteiger partial charge in [-0.1, -0.05) is 5.16 Å². The smallest absolute Gasteiger partial charge is 0.258 e. The molecule has 0 unspecified atom stereocenters. The number of aromatic hydroxyl groups is 2. The summed E-state index contributed by atoms with van der Waals surface area (Å²) in [6.45, 7) is 1.97. The number of phenols is 2. The molecule has 0 spiro atoms. The lowest BCUT2D eigenvalue weighted by Gasteiger charge is -1.97. The van der Waals surface area contributed by atoms with Gasteiger partial charge < -0.3 is 14.7 Å². The summed E-state index contributed by atoms with van der Waals surface area (Å²) in [5.41, 5.74) is 2.48. The molecule has 0 amide bonds. The van der Waals surface area contributed by atoms with Gasteiger partial charge in [0.2, 0.25) is 5.82 Å². The molecule has 0 saturated carbocycles. The lowest BCUT2D eigenvalue weighted by Crippen LogP contribution is -1.81. The highest BCUT2D eigenvalue weighted by Crippen LogP contribution is 2.30. The van der Waals surface area contributed by atoms with Crippen LogP contribution >= 0.6 is 11.3 Å². The summed E-state index contributed by atoms with van der Waals surface area (Å²) >= 11 is 1.57. The summed E-state index contributed by atoms with van der Waals surface area (Å²) in [5, 5.41) is 26.8. The van der Waals surface area contributed by atoms with Crippen molar-refractivity contribution in [1.82, 2.24) is 10.1 Å². The van der Waals surface area contributed by atoms with Crippen LogP contribution in [0.1, 0.15) is 5.56 Å². The number of rotatable bonds is 2. The Labute approximate surface area is 112 Å². The molecule has 0 saturated heterocycles. The van der Waals surface area contributed by atoms with Gasteiger partial charge in [-0.2, -0.15) is 16.3 Å². The van der Waals surface area contributed by atoms with Crippen molar-refractivity contribution in [3.05, 3.63) is 34.5 Å². The molecule has 0 aliphatic rings. The van der Waals surface area contributed by atoms with E-state index in [9.17, 15) is 10.2 Å². The van der Waals surface area contributed by atoms with E-state index in [1.165, 1.54) is 18.2 Å². The van der Waals surface area contributed by atoms with Crippen molar-refractivity contribution >= 4 is 11.3 Å². The fourth-order valence-corrected chi connectivity index (χ4v) is 2.58. The minimum atomic E-state index is -0.0542. The Hall–Kier alpha value is -2.34. The third kappa shape index (κ3) is 2.17. The fourth-order valence-electron chi connectivity index (χ4n) is 1.76. The molecule has 0 radical (unpaired) electrons. The number of thiophene rings is 1. The van der Waals surface area contributed by atoms with Crippen LogP contribution in [0.2, 0.25) is 0 Å². The largest absolute Gasteiger partial charge is 0.508 e. The third-order valence-corrected chi connectivity index (χ3v) is 3.53. The molecule has 0 aliphatic carbocycles. The highest BCUT2D eigenvalue weighted by Gasteiger charge is 2.14. The molecule has 0 atom stereocenters. The highest BCUT2D eigenvalue weighted by atomic mass is 32.1. The highest BCUT2D eigenvalue weighted by molar-refractivity contribution is 7.08. The lowest BCUT2D eigenvalue weighted by molar-refractivity contribution is 0.428. The summed E-state index contributed by atoms with van der Waals surface area (Å²) in [6.07, 6.45) is 0. The molecule has 6 heteroatoms. The van der Waals surface area contributed by atoms with E-state index in [1.54, 1.807) is 11.3 Å². The first-order chi connectivity index (χ1) is 9.13. The first-order valence-electron chi connectivity index (χ1n) is 5.54. The number of aromatic nitrogens is 2. The van der Waals surface area contributed by atoms with Gasteiger partial charge in [-0.3, -0.25) is 0 Å². The van der Waals surface area contributed by atoms with E-state index in [4.69, 9.17) is 4.52 Å². The molecular weight excluding hydrogens is 264 g/mol. The molecular formula is C13H10N2O3S. The first-order valence-corrected chi connectivity index (χ1v) is 6.48. The Bertz CT molecular complexity index is 713. The average Bonchev–Trinajstić information content (AvgIpc) is 2.95. The predicted octanol–water partition coefficient (Wildman–Crippen LogP) is 3.18. The molecule has 3 rings (SSSR count). The van der Waals surface area contributed by atoms with Gasteiger partial charge in [-0.25, -0.2) is 0 Å². The van der Waals surface area contributed by atoms with Crippen LogP contribution in [0, 0.1) is 6.92 Å². The van der Waals surface area contributed by atoms with Crippen LogP contribution in [0.4, 0.5) is 0 Å². The Balaban J connectivity index is 2.04. The molecule has 0 bridgehead atoms. The van der Waals surface area contributed by atoms with Crippen molar-refractivity contribution in [2.45, 2.75) is 6.92 Å². The van der Waals surface area contributed by atoms with Gasteiger partial charge in [-0.15, -0.1) is 0 Å². The quantitative estimate of drug-likeness (QED) is 0.750. The summed E-state index contributed by atoms with van der Waals surface area (Å²) in [6, 6.07) is 4.15. The van der Waals surface area contributed by atoms with Crippen molar-refractivity contribution in [3.63, 3.8) is 0 Å². The van der Waals surface area contributed by atoms with E-state index in [2.05, 4.69) is 10.1 Å². The molecule has 96 valence electrons. The molecule has 0 aliphatic heterocycles. The second kappa shape index (κ2) is 4.40. The first kappa shape index (κ1) is 11.7. The fraction of sp³-hybridized carbons (Fsp3) is 0.0769. The molecule has 2 N–H and O–H groups in total. The van der Waals surface area contributed by atoms with E-state index in [-0.39, 0.29) is 17.4 Å². The lowest BCUT2D eigenvalue weighted by atomic mass is 10.2.